The van der Waals surface area contributed by atoms with Crippen molar-refractivity contribution in [2.24, 2.45) is 11.1 Å². The zero-order valence-electron chi connectivity index (χ0n) is 23.2. The number of hydrogen-bond donors (Lipinski definition) is 5. The van der Waals surface area contributed by atoms with Crippen molar-refractivity contribution in [2.75, 3.05) is 23.7 Å². The molecule has 210 valence electrons. The van der Waals surface area contributed by atoms with Crippen LogP contribution in [0.4, 0.5) is 20.4 Å². The Morgan fingerprint density at radius 2 is 1.63 bits per heavy atom. The molecule has 38 heavy (non-hydrogen) atoms. The fourth-order valence-electron chi connectivity index (χ4n) is 3.39. The Morgan fingerprint density at radius 1 is 0.974 bits per heavy atom. The molecule has 0 saturated carbocycles. The van der Waals surface area contributed by atoms with Crippen LogP contribution < -0.4 is 27.0 Å². The predicted octanol–water partition coefficient (Wildman–Crippen LogP) is 4.21. The van der Waals surface area contributed by atoms with E-state index in [9.17, 15) is 14.4 Å². The van der Waals surface area contributed by atoms with Gasteiger partial charge in [0.05, 0.1) is 11.1 Å². The zero-order chi connectivity index (χ0) is 28.6. The molecule has 6 N–H and O–H groups in total. The van der Waals surface area contributed by atoms with E-state index in [0.29, 0.717) is 18.2 Å². The number of carbonyl (C=O) groups excluding carboxylic acids is 3. The molecule has 1 unspecified atom stereocenters. The maximum Gasteiger partial charge on any atom is 0.411 e. The van der Waals surface area contributed by atoms with Crippen LogP contribution in [0.1, 0.15) is 59.7 Å². The third-order valence-electron chi connectivity index (χ3n) is 5.22. The summed E-state index contributed by atoms with van der Waals surface area (Å²) in [7, 11) is 0. The number of aryl methyl sites for hydroxylation is 2. The second-order valence-electron chi connectivity index (χ2n) is 10.9. The highest BCUT2D eigenvalue weighted by atomic mass is 32.1. The normalized spacial score (nSPS) is 13.2. The van der Waals surface area contributed by atoms with E-state index in [1.54, 1.807) is 20.8 Å². The SMILES string of the molecule is CC(=O)Nc1nc(CCc2ccc(NCCNC(OC(N)=O)(OC(=O)NC(C)(C)C)C(C)(C)C)cc2)cs1. The number of hydrogen-bond acceptors (Lipinski definition) is 9. The number of nitrogens with one attached hydrogen (secondary N) is 4. The van der Waals surface area contributed by atoms with Gasteiger partial charge in [0.15, 0.2) is 5.13 Å². The molecule has 0 spiro atoms. The zero-order valence-corrected chi connectivity index (χ0v) is 24.0. The molecule has 1 aromatic carbocycles. The molecule has 0 fully saturated rings. The molecule has 2 aromatic rings. The Hall–Kier alpha value is -3.38. The number of rotatable bonds is 11. The smallest absolute Gasteiger partial charge is 0.392 e. The van der Waals surface area contributed by atoms with Crippen LogP contribution >= 0.6 is 11.3 Å². The van der Waals surface area contributed by atoms with Crippen LogP contribution in [0.5, 0.6) is 0 Å². The van der Waals surface area contributed by atoms with Crippen molar-refractivity contribution in [3.8, 4) is 0 Å². The summed E-state index contributed by atoms with van der Waals surface area (Å²) in [6.45, 7) is 13.0. The Morgan fingerprint density at radius 3 is 2.18 bits per heavy atom. The van der Waals surface area contributed by atoms with Crippen molar-refractivity contribution in [3.05, 3.63) is 40.9 Å². The molecule has 1 atom stereocenters. The van der Waals surface area contributed by atoms with E-state index in [-0.39, 0.29) is 5.91 Å². The van der Waals surface area contributed by atoms with Crippen LogP contribution in [0, 0.1) is 5.41 Å². The van der Waals surface area contributed by atoms with E-state index in [4.69, 9.17) is 15.2 Å². The van der Waals surface area contributed by atoms with Gasteiger partial charge in [0.1, 0.15) is 0 Å². The molecule has 1 heterocycles. The van der Waals surface area contributed by atoms with Crippen molar-refractivity contribution >= 4 is 40.2 Å². The van der Waals surface area contributed by atoms with E-state index < -0.39 is 29.1 Å². The van der Waals surface area contributed by atoms with Crippen LogP contribution in [0.3, 0.4) is 0 Å². The largest absolute Gasteiger partial charge is 0.411 e. The molecule has 1 aromatic heterocycles. The van der Waals surface area contributed by atoms with Gasteiger partial charge in [0, 0.05) is 36.6 Å². The minimum absolute atomic E-state index is 0.132. The fourth-order valence-corrected chi connectivity index (χ4v) is 4.18. The fraction of sp³-hybridized carbons (Fsp3) is 0.538. The van der Waals surface area contributed by atoms with E-state index in [2.05, 4.69) is 26.3 Å². The summed E-state index contributed by atoms with van der Waals surface area (Å²) >= 11 is 1.41. The third kappa shape index (κ3) is 10.2. The van der Waals surface area contributed by atoms with E-state index >= 15 is 0 Å². The standard InChI is InChI=1S/C26H40N6O5S/c1-17(33)30-22-31-20(16-38-22)13-10-18-8-11-19(12-9-18)28-14-15-29-26(24(2,3)4,36-21(27)34)37-23(35)32-25(5,6)7/h8-9,11-12,16,28-29H,10,13-15H2,1-7H3,(H2,27,34)(H,32,35)(H,30,31,33). The number of nitrogens with two attached hydrogens (primary N) is 1. The minimum Gasteiger partial charge on any atom is -0.392 e. The highest BCUT2D eigenvalue weighted by molar-refractivity contribution is 7.13. The molecule has 12 heteroatoms. The summed E-state index contributed by atoms with van der Waals surface area (Å²) in [5, 5.41) is 14.3. The lowest BCUT2D eigenvalue weighted by molar-refractivity contribution is -0.243. The monoisotopic (exact) mass is 548 g/mol. The van der Waals surface area contributed by atoms with Gasteiger partial charge < -0.3 is 31.2 Å². The van der Waals surface area contributed by atoms with Crippen LogP contribution in [0.15, 0.2) is 29.6 Å². The summed E-state index contributed by atoms with van der Waals surface area (Å²) in [4.78, 5) is 39.8. The van der Waals surface area contributed by atoms with Gasteiger partial charge in [-0.05, 0) is 51.3 Å². The molecule has 2 rings (SSSR count). The Labute approximate surface area is 228 Å². The van der Waals surface area contributed by atoms with Crippen LogP contribution in [-0.2, 0) is 27.1 Å². The number of alkyl carbamates (subject to hydrolysis) is 1. The lowest BCUT2D eigenvalue weighted by atomic mass is 9.90. The summed E-state index contributed by atoms with van der Waals surface area (Å²) in [5.41, 5.74) is 6.94. The number of amides is 3. The van der Waals surface area contributed by atoms with E-state index in [0.717, 1.165) is 29.8 Å². The van der Waals surface area contributed by atoms with Gasteiger partial charge in [-0.2, -0.15) is 0 Å². The quantitative estimate of drug-likeness (QED) is 0.206. The number of primary amides is 1. The number of nitrogens with zero attached hydrogens (tertiary/aromatic N) is 1. The maximum absolute atomic E-state index is 12.5. The minimum atomic E-state index is -1.78. The van der Waals surface area contributed by atoms with Gasteiger partial charge in [-0.1, -0.05) is 32.9 Å². The maximum atomic E-state index is 12.5. The van der Waals surface area contributed by atoms with Crippen LogP contribution in [0.25, 0.3) is 0 Å². The molecular weight excluding hydrogens is 508 g/mol. The molecule has 0 aliphatic carbocycles. The lowest BCUT2D eigenvalue weighted by Gasteiger charge is -2.42. The van der Waals surface area contributed by atoms with Crippen LogP contribution in [0.2, 0.25) is 0 Å². The summed E-state index contributed by atoms with van der Waals surface area (Å²) in [6.07, 6.45) is -0.223. The molecule has 11 nitrogen and oxygen atoms in total. The summed E-state index contributed by atoms with van der Waals surface area (Å²) in [5.74, 6) is -1.91. The first-order valence-corrected chi connectivity index (χ1v) is 13.3. The number of ether oxygens (including phenoxy) is 2. The Bertz CT molecular complexity index is 1090. The first-order chi connectivity index (χ1) is 17.6. The average Bonchev–Trinajstić information content (AvgIpc) is 3.20. The van der Waals surface area contributed by atoms with Gasteiger partial charge >= 0.3 is 18.1 Å². The number of aromatic nitrogens is 1. The van der Waals surface area contributed by atoms with Gasteiger partial charge in [0.25, 0.3) is 0 Å². The van der Waals surface area contributed by atoms with Gasteiger partial charge in [0.2, 0.25) is 5.91 Å². The van der Waals surface area contributed by atoms with Gasteiger partial charge in [-0.25, -0.2) is 19.9 Å². The van der Waals surface area contributed by atoms with Crippen LogP contribution in [-0.4, -0.2) is 47.6 Å². The first kappa shape index (κ1) is 30.8. The molecular formula is C26H40N6O5S. The second kappa shape index (κ2) is 12.9. The highest BCUT2D eigenvalue weighted by Gasteiger charge is 2.50. The Balaban J connectivity index is 1.93. The number of benzene rings is 1. The third-order valence-corrected chi connectivity index (χ3v) is 6.02. The van der Waals surface area contributed by atoms with E-state index in [1.165, 1.54) is 18.3 Å². The molecule has 0 aliphatic heterocycles. The number of thiazole rings is 1. The summed E-state index contributed by atoms with van der Waals surface area (Å²) < 4.78 is 10.9. The Kier molecular flexibility index (Phi) is 10.5. The molecule has 0 aliphatic rings. The molecule has 3 amide bonds. The predicted molar refractivity (Wildman–Crippen MR) is 149 cm³/mol. The van der Waals surface area contributed by atoms with Crippen molar-refractivity contribution in [1.29, 1.82) is 0 Å². The van der Waals surface area contributed by atoms with Gasteiger partial charge in [-0.3, -0.25) is 4.79 Å². The topological polar surface area (TPSA) is 157 Å². The van der Waals surface area contributed by atoms with Gasteiger partial charge in [-0.15, -0.1) is 11.3 Å². The van der Waals surface area contributed by atoms with Crippen molar-refractivity contribution < 1.29 is 23.9 Å². The lowest BCUT2D eigenvalue weighted by Crippen LogP contribution is -2.63. The summed E-state index contributed by atoms with van der Waals surface area (Å²) in [6, 6.07) is 8.02. The van der Waals surface area contributed by atoms with Crippen molar-refractivity contribution in [1.82, 2.24) is 15.6 Å². The number of carbonyl (C=O) groups is 3. The molecule has 0 radical (unpaired) electrons. The van der Waals surface area contributed by atoms with Crippen molar-refractivity contribution in [3.63, 3.8) is 0 Å². The highest BCUT2D eigenvalue weighted by Crippen LogP contribution is 2.33. The number of anilines is 2. The first-order valence-electron chi connectivity index (χ1n) is 12.4. The average molecular weight is 549 g/mol. The van der Waals surface area contributed by atoms with Crippen molar-refractivity contribution in [2.45, 2.75) is 72.8 Å². The molecule has 0 bridgehead atoms. The second-order valence-corrected chi connectivity index (χ2v) is 11.8. The molecule has 0 saturated heterocycles. The van der Waals surface area contributed by atoms with E-state index in [1.807, 2.05) is 50.4 Å².